The lowest BCUT2D eigenvalue weighted by atomic mass is 9.78. The molecule has 3 rings (SSSR count). The first-order chi connectivity index (χ1) is 12.1. The van der Waals surface area contributed by atoms with Crippen molar-refractivity contribution >= 4 is 11.8 Å². The summed E-state index contributed by atoms with van der Waals surface area (Å²) in [5, 5.41) is 2.30. The Kier molecular flexibility index (Phi) is 5.27. The molecule has 8 heteroatoms. The first-order valence-corrected chi connectivity index (χ1v) is 9.49. The maximum atomic E-state index is 14.2. The molecule has 3 aliphatic heterocycles. The summed E-state index contributed by atoms with van der Waals surface area (Å²) in [6.45, 7) is 9.34. The summed E-state index contributed by atoms with van der Waals surface area (Å²) in [5.74, 6) is -3.78. The first kappa shape index (κ1) is 19.5. The summed E-state index contributed by atoms with van der Waals surface area (Å²) in [6, 6.07) is -0.639. The molecule has 26 heavy (non-hydrogen) atoms. The van der Waals surface area contributed by atoms with Crippen molar-refractivity contribution in [2.75, 3.05) is 45.8 Å². The minimum atomic E-state index is -3.09. The van der Waals surface area contributed by atoms with Crippen LogP contribution in [0.4, 0.5) is 8.78 Å². The van der Waals surface area contributed by atoms with Crippen LogP contribution in [0.5, 0.6) is 0 Å². The second-order valence-electron chi connectivity index (χ2n) is 8.58. The fraction of sp³-hybridized carbons (Fsp3) is 0.889. The van der Waals surface area contributed by atoms with Crippen LogP contribution in [0.25, 0.3) is 0 Å². The highest BCUT2D eigenvalue weighted by atomic mass is 19.3. The van der Waals surface area contributed by atoms with Gasteiger partial charge in [-0.05, 0) is 33.2 Å². The van der Waals surface area contributed by atoms with Crippen LogP contribution in [0.3, 0.4) is 0 Å². The molecule has 0 aliphatic carbocycles. The largest absolute Gasteiger partial charge is 0.347 e. The Morgan fingerprint density at radius 3 is 2.42 bits per heavy atom. The molecule has 1 spiro atoms. The highest BCUT2D eigenvalue weighted by Gasteiger charge is 2.49. The zero-order valence-electron chi connectivity index (χ0n) is 15.9. The molecule has 148 valence electrons. The molecule has 6 nitrogen and oxygen atoms in total. The van der Waals surface area contributed by atoms with Crippen LogP contribution in [-0.4, -0.2) is 90.3 Å². The number of hydrogen-bond donors (Lipinski definition) is 1. The van der Waals surface area contributed by atoms with Crippen LogP contribution in [-0.2, 0) is 9.59 Å². The van der Waals surface area contributed by atoms with Crippen molar-refractivity contribution in [3.05, 3.63) is 0 Å². The zero-order valence-corrected chi connectivity index (χ0v) is 15.9. The lowest BCUT2D eigenvalue weighted by molar-refractivity contribution is -0.148. The van der Waals surface area contributed by atoms with E-state index in [9.17, 15) is 18.4 Å². The van der Waals surface area contributed by atoms with Gasteiger partial charge in [0.25, 0.3) is 5.92 Å². The number of hydrogen-bond acceptors (Lipinski definition) is 4. The van der Waals surface area contributed by atoms with Gasteiger partial charge in [-0.2, -0.15) is 0 Å². The van der Waals surface area contributed by atoms with Crippen molar-refractivity contribution in [1.29, 1.82) is 0 Å². The third kappa shape index (κ3) is 4.01. The Morgan fingerprint density at radius 1 is 1.15 bits per heavy atom. The number of likely N-dealkylation sites (tertiary alicyclic amines) is 3. The van der Waals surface area contributed by atoms with Gasteiger partial charge in [-0.25, -0.2) is 8.78 Å². The molecule has 3 fully saturated rings. The van der Waals surface area contributed by atoms with E-state index in [1.54, 1.807) is 0 Å². The van der Waals surface area contributed by atoms with Gasteiger partial charge in [0.2, 0.25) is 11.8 Å². The standard InChI is InChI=1S/C18H30F2N4O2/c1-13(2)24-10-17(11-24)5-7-22(9-17)8-16(26)23-6-4-15(21-14(3)25)18(19,20)12-23/h13,15H,4-12H2,1-3H3,(H,21,25). The van der Waals surface area contributed by atoms with Gasteiger partial charge in [0.15, 0.2) is 0 Å². The van der Waals surface area contributed by atoms with Crippen LogP contribution in [0.15, 0.2) is 0 Å². The van der Waals surface area contributed by atoms with Crippen molar-refractivity contribution in [3.8, 4) is 0 Å². The molecule has 0 saturated carbocycles. The third-order valence-corrected chi connectivity index (χ3v) is 6.01. The van der Waals surface area contributed by atoms with Gasteiger partial charge in [0.1, 0.15) is 0 Å². The number of alkyl halides is 2. The normalized spacial score (nSPS) is 28.4. The van der Waals surface area contributed by atoms with Crippen molar-refractivity contribution in [2.45, 2.75) is 51.6 Å². The fourth-order valence-electron chi connectivity index (χ4n) is 4.47. The topological polar surface area (TPSA) is 55.9 Å². The smallest absolute Gasteiger partial charge is 0.285 e. The minimum absolute atomic E-state index is 0.0889. The molecule has 1 atom stereocenters. The van der Waals surface area contributed by atoms with Crippen LogP contribution in [0.1, 0.15) is 33.6 Å². The molecule has 0 aromatic heterocycles. The zero-order chi connectivity index (χ0) is 19.1. The summed E-state index contributed by atoms with van der Waals surface area (Å²) >= 11 is 0. The lowest BCUT2D eigenvalue weighted by Crippen LogP contribution is -2.61. The van der Waals surface area contributed by atoms with Gasteiger partial charge in [-0.3, -0.25) is 19.4 Å². The quantitative estimate of drug-likeness (QED) is 0.792. The third-order valence-electron chi connectivity index (χ3n) is 6.01. The van der Waals surface area contributed by atoms with Gasteiger partial charge in [0, 0.05) is 44.6 Å². The Labute approximate surface area is 153 Å². The van der Waals surface area contributed by atoms with E-state index < -0.39 is 24.4 Å². The molecular formula is C18H30F2N4O2. The van der Waals surface area contributed by atoms with Crippen LogP contribution in [0.2, 0.25) is 0 Å². The van der Waals surface area contributed by atoms with Crippen LogP contribution < -0.4 is 5.32 Å². The number of carbonyl (C=O) groups is 2. The maximum Gasteiger partial charge on any atom is 0.285 e. The SMILES string of the molecule is CC(=O)NC1CCN(C(=O)CN2CCC3(C2)CN(C(C)C)C3)CC1(F)F. The van der Waals surface area contributed by atoms with Crippen molar-refractivity contribution in [3.63, 3.8) is 0 Å². The molecule has 0 aromatic rings. The second-order valence-corrected chi connectivity index (χ2v) is 8.58. The van der Waals surface area contributed by atoms with E-state index in [1.807, 2.05) is 0 Å². The van der Waals surface area contributed by atoms with Gasteiger partial charge in [-0.1, -0.05) is 0 Å². The second kappa shape index (κ2) is 7.03. The Hall–Kier alpha value is -1.28. The van der Waals surface area contributed by atoms with Crippen molar-refractivity contribution in [2.24, 2.45) is 5.41 Å². The Bertz CT molecular complexity index is 563. The van der Waals surface area contributed by atoms with E-state index >= 15 is 0 Å². The fourth-order valence-corrected chi connectivity index (χ4v) is 4.47. The maximum absolute atomic E-state index is 14.2. The van der Waals surface area contributed by atoms with Crippen molar-refractivity contribution < 1.29 is 18.4 Å². The van der Waals surface area contributed by atoms with Gasteiger partial charge in [-0.15, -0.1) is 0 Å². The van der Waals surface area contributed by atoms with E-state index in [1.165, 1.54) is 11.8 Å². The van der Waals surface area contributed by atoms with E-state index in [0.29, 0.717) is 6.04 Å². The average molecular weight is 372 g/mol. The molecule has 3 saturated heterocycles. The number of amides is 2. The predicted octanol–water partition coefficient (Wildman–Crippen LogP) is 0.775. The lowest BCUT2D eigenvalue weighted by Gasteiger charge is -2.50. The number of rotatable bonds is 4. The monoisotopic (exact) mass is 372 g/mol. The molecule has 3 heterocycles. The molecule has 3 aliphatic rings. The van der Waals surface area contributed by atoms with E-state index in [0.717, 1.165) is 32.6 Å². The highest BCUT2D eigenvalue weighted by molar-refractivity contribution is 5.78. The van der Waals surface area contributed by atoms with Crippen LogP contribution in [0, 0.1) is 5.41 Å². The van der Waals surface area contributed by atoms with Gasteiger partial charge < -0.3 is 10.2 Å². The number of carbonyl (C=O) groups excluding carboxylic acids is 2. The molecule has 1 unspecified atom stereocenters. The summed E-state index contributed by atoms with van der Waals surface area (Å²) in [4.78, 5) is 29.4. The average Bonchev–Trinajstić information content (AvgIpc) is 2.91. The Morgan fingerprint density at radius 2 is 1.85 bits per heavy atom. The minimum Gasteiger partial charge on any atom is -0.347 e. The Balaban J connectivity index is 1.48. The van der Waals surface area contributed by atoms with Crippen LogP contribution >= 0.6 is 0 Å². The van der Waals surface area contributed by atoms with Gasteiger partial charge >= 0.3 is 0 Å². The number of piperidine rings is 1. The molecule has 2 amide bonds. The summed E-state index contributed by atoms with van der Waals surface area (Å²) in [5.41, 5.74) is 0.285. The number of nitrogens with zero attached hydrogens (tertiary/aromatic N) is 3. The van der Waals surface area contributed by atoms with E-state index in [4.69, 9.17) is 0 Å². The number of halogens is 2. The summed E-state index contributed by atoms with van der Waals surface area (Å²) in [7, 11) is 0. The van der Waals surface area contributed by atoms with E-state index in [-0.39, 0.29) is 30.8 Å². The molecule has 0 aromatic carbocycles. The predicted molar refractivity (Wildman–Crippen MR) is 93.9 cm³/mol. The molecular weight excluding hydrogens is 342 g/mol. The molecule has 0 radical (unpaired) electrons. The summed E-state index contributed by atoms with van der Waals surface area (Å²) in [6.07, 6.45) is 1.16. The van der Waals surface area contributed by atoms with E-state index in [2.05, 4.69) is 29.0 Å². The molecule has 1 N–H and O–H groups in total. The van der Waals surface area contributed by atoms with Crippen molar-refractivity contribution in [1.82, 2.24) is 20.0 Å². The number of nitrogens with one attached hydrogen (secondary N) is 1. The molecule has 0 bridgehead atoms. The highest BCUT2D eigenvalue weighted by Crippen LogP contribution is 2.40. The van der Waals surface area contributed by atoms with Gasteiger partial charge in [0.05, 0.1) is 19.1 Å². The summed E-state index contributed by atoms with van der Waals surface area (Å²) < 4.78 is 28.5. The first-order valence-electron chi connectivity index (χ1n) is 9.49.